The Hall–Kier alpha value is -6.33. The number of aromatic hydroxyl groups is 1. The van der Waals surface area contributed by atoms with Gasteiger partial charge >= 0.3 is 6.01 Å². The van der Waals surface area contributed by atoms with E-state index in [2.05, 4.69) is 38.3 Å². The second-order valence-corrected chi connectivity index (χ2v) is 21.9. The number of ether oxygens (including phenoxy) is 2. The zero-order valence-electron chi connectivity index (χ0n) is 42.8. The van der Waals surface area contributed by atoms with Crippen LogP contribution in [0, 0.1) is 23.0 Å². The number of rotatable bonds is 16. The molecule has 3 aromatic heterocycles. The molecule has 0 radical (unpaired) electrons. The second-order valence-electron chi connectivity index (χ2n) is 21.9. The van der Waals surface area contributed by atoms with Gasteiger partial charge < -0.3 is 39.4 Å². The number of carbonyl (C=O) groups excluding carboxylic acids is 3. The van der Waals surface area contributed by atoms with Gasteiger partial charge in [0.25, 0.3) is 0 Å². The normalized spacial score (nSPS) is 20.8. The van der Waals surface area contributed by atoms with Gasteiger partial charge in [-0.25, -0.2) is 8.78 Å². The van der Waals surface area contributed by atoms with Crippen LogP contribution in [0.2, 0.25) is 0 Å². The molecule has 0 bridgehead atoms. The molecule has 2 unspecified atom stereocenters. The molecule has 2 N–H and O–H groups in total. The van der Waals surface area contributed by atoms with Crippen molar-refractivity contribution in [1.82, 2.24) is 39.8 Å². The smallest absolute Gasteiger partial charge is 0.319 e. The molecule has 390 valence electrons. The second kappa shape index (κ2) is 20.4. The maximum absolute atomic E-state index is 17.2. The average Bonchev–Trinajstić information content (AvgIpc) is 4.10. The highest BCUT2D eigenvalue weighted by molar-refractivity contribution is 6.02. The number of benzene rings is 3. The molecular formula is C57H67F2N9O6. The molecule has 11 rings (SSSR count). The Morgan fingerprint density at radius 2 is 1.78 bits per heavy atom. The number of nitrogens with one attached hydrogen (secondary N) is 1. The molecule has 4 aliphatic heterocycles. The summed E-state index contributed by atoms with van der Waals surface area (Å²) < 4.78 is 46.9. The summed E-state index contributed by atoms with van der Waals surface area (Å²) in [4.78, 5) is 58.7. The van der Waals surface area contributed by atoms with Crippen molar-refractivity contribution < 1.29 is 37.7 Å². The van der Waals surface area contributed by atoms with E-state index in [0.29, 0.717) is 96.2 Å². The first-order valence-corrected chi connectivity index (χ1v) is 26.8. The summed E-state index contributed by atoms with van der Waals surface area (Å²) in [7, 11) is 3.50. The van der Waals surface area contributed by atoms with Crippen LogP contribution >= 0.6 is 0 Å². The van der Waals surface area contributed by atoms with E-state index in [0.717, 1.165) is 108 Å². The first kappa shape index (κ1) is 49.9. The summed E-state index contributed by atoms with van der Waals surface area (Å²) in [6.07, 6.45) is 12.5. The topological polar surface area (TPSA) is 168 Å². The highest BCUT2D eigenvalue weighted by Crippen LogP contribution is 2.48. The number of fused-ring (bicyclic) bond motifs is 3. The fourth-order valence-corrected chi connectivity index (χ4v) is 12.6. The van der Waals surface area contributed by atoms with Crippen molar-refractivity contribution in [3.63, 3.8) is 0 Å². The minimum absolute atomic E-state index is 0.0325. The number of amides is 2. The minimum Gasteiger partial charge on any atom is -0.508 e. The van der Waals surface area contributed by atoms with E-state index in [1.54, 1.807) is 25.4 Å². The van der Waals surface area contributed by atoms with E-state index >= 15 is 8.78 Å². The van der Waals surface area contributed by atoms with E-state index in [-0.39, 0.29) is 52.2 Å². The van der Waals surface area contributed by atoms with Crippen LogP contribution < -0.4 is 15.0 Å². The van der Waals surface area contributed by atoms with E-state index in [1.165, 1.54) is 17.7 Å². The highest BCUT2D eigenvalue weighted by Gasteiger charge is 2.46. The van der Waals surface area contributed by atoms with Crippen LogP contribution in [-0.4, -0.2) is 129 Å². The van der Waals surface area contributed by atoms with Gasteiger partial charge in [0.05, 0.1) is 41.3 Å². The van der Waals surface area contributed by atoms with Gasteiger partial charge in [0, 0.05) is 88.6 Å². The van der Waals surface area contributed by atoms with Gasteiger partial charge in [-0.2, -0.15) is 15.1 Å². The van der Waals surface area contributed by atoms with Crippen molar-refractivity contribution in [2.45, 2.75) is 108 Å². The van der Waals surface area contributed by atoms with E-state index in [9.17, 15) is 19.5 Å². The number of piperidine rings is 3. The fraction of sp³-hybridized carbons (Fsp3) is 0.526. The molecule has 4 saturated heterocycles. The first-order chi connectivity index (χ1) is 35.9. The monoisotopic (exact) mass is 1010 g/mol. The Bertz CT molecular complexity index is 3120. The van der Waals surface area contributed by atoms with Crippen LogP contribution in [0.25, 0.3) is 43.8 Å². The first-order valence-electron chi connectivity index (χ1n) is 26.8. The van der Waals surface area contributed by atoms with E-state index in [4.69, 9.17) is 24.5 Å². The van der Waals surface area contributed by atoms with E-state index < -0.39 is 17.6 Å². The van der Waals surface area contributed by atoms with Crippen LogP contribution in [0.5, 0.6) is 11.8 Å². The number of hydrogen-bond donors (Lipinski definition) is 2. The minimum atomic E-state index is -0.689. The average molecular weight is 1010 g/mol. The Balaban J connectivity index is 0.726. The molecule has 17 heteroatoms. The lowest BCUT2D eigenvalue weighted by Crippen LogP contribution is -2.56. The van der Waals surface area contributed by atoms with Gasteiger partial charge in [-0.15, -0.1) is 0 Å². The van der Waals surface area contributed by atoms with Gasteiger partial charge in [-0.05, 0) is 135 Å². The lowest BCUT2D eigenvalue weighted by molar-refractivity contribution is -0.151. The predicted molar refractivity (Wildman–Crippen MR) is 278 cm³/mol. The van der Waals surface area contributed by atoms with Crippen LogP contribution in [-0.2, 0) is 32.6 Å². The number of aldehydes is 1. The largest absolute Gasteiger partial charge is 0.508 e. The molecule has 2 amide bonds. The van der Waals surface area contributed by atoms with Gasteiger partial charge in [0.1, 0.15) is 34.9 Å². The fourth-order valence-electron chi connectivity index (χ4n) is 12.6. The molecule has 5 aliphatic rings. The number of anilines is 1. The molecule has 6 aromatic rings. The van der Waals surface area contributed by atoms with E-state index in [1.807, 2.05) is 23.6 Å². The van der Waals surface area contributed by atoms with Crippen LogP contribution in [0.1, 0.15) is 113 Å². The molecule has 15 nitrogen and oxygen atoms in total. The van der Waals surface area contributed by atoms with Crippen LogP contribution in [0.3, 0.4) is 0 Å². The number of hydrogen-bond acceptors (Lipinski definition) is 12. The number of phenols is 1. The number of pyridine rings is 1. The molecule has 1 aliphatic carbocycles. The number of aromatic nitrogens is 5. The number of nitrogens with zero attached hydrogens (tertiary/aromatic N) is 8. The van der Waals surface area contributed by atoms with Crippen molar-refractivity contribution in [2.75, 3.05) is 71.0 Å². The summed E-state index contributed by atoms with van der Waals surface area (Å²) in [5.74, 6) is -0.387. The number of aryl methyl sites for hydroxylation is 2. The van der Waals surface area contributed by atoms with Crippen LogP contribution in [0.4, 0.5) is 14.6 Å². The maximum atomic E-state index is 17.2. The van der Waals surface area contributed by atoms with Crippen molar-refractivity contribution in [1.29, 1.82) is 0 Å². The van der Waals surface area contributed by atoms with Gasteiger partial charge in [0.2, 0.25) is 11.8 Å². The molecule has 3 aromatic carbocycles. The van der Waals surface area contributed by atoms with Gasteiger partial charge in [0.15, 0.2) is 5.82 Å². The Morgan fingerprint density at radius 3 is 2.50 bits per heavy atom. The van der Waals surface area contributed by atoms with Crippen LogP contribution in [0.15, 0.2) is 48.7 Å². The summed E-state index contributed by atoms with van der Waals surface area (Å²) in [6.45, 7) is 8.39. The number of phenolic OH excluding ortho intramolecular Hbond substituents is 1. The number of halogens is 2. The third-order valence-corrected chi connectivity index (χ3v) is 17.1. The lowest BCUT2D eigenvalue weighted by atomic mass is 9.86. The SMILES string of the molecule is CCc1c(F)ccc2cc(O)cc(-c3ncc4c(N5CCCC6(CCO6)C5)nc(OCC5(CN6CCC(CC(=O)N7CCC(c8ccc9c(C(CCC=O)C(=O)NC)nn(C)c9c8)CC7)CC6)CC5)nc4c3F)c12. The predicted octanol–water partition coefficient (Wildman–Crippen LogP) is 8.51. The van der Waals surface area contributed by atoms with Gasteiger partial charge in [-0.3, -0.25) is 19.3 Å². The molecule has 1 saturated carbocycles. The standard InChI is InChI=1S/C57H67F2N9O6/c1-4-40-45(58)11-9-38-28-39(70)30-43(48(38)40)51-49(59)52-44(31-61-51)53(68-20-6-16-57(33-68)19-26-74-57)63-55(62-52)73-34-56(17-18-56)32-66-21-12-35(13-22-66)27-47(71)67-23-14-36(15-24-67)37-8-10-41-46(29-37)65(3)64-50(41)42(7-5-25-69)54(72)60-2/h8-11,25,28-31,35-36,42,70H,4-7,12-24,26-27,32-34H2,1-3H3,(H,60,72). The molecule has 5 fully saturated rings. The van der Waals surface area contributed by atoms with Crippen molar-refractivity contribution in [3.05, 3.63) is 77.1 Å². The Kier molecular flexibility index (Phi) is 13.8. The molecule has 2 atom stereocenters. The molecule has 7 heterocycles. The lowest BCUT2D eigenvalue weighted by Gasteiger charge is -2.48. The van der Waals surface area contributed by atoms with Gasteiger partial charge in [-0.1, -0.05) is 25.1 Å². The Morgan fingerprint density at radius 1 is 0.986 bits per heavy atom. The summed E-state index contributed by atoms with van der Waals surface area (Å²) in [5.41, 5.74) is 3.25. The highest BCUT2D eigenvalue weighted by atomic mass is 19.1. The summed E-state index contributed by atoms with van der Waals surface area (Å²) in [5, 5.41) is 20.7. The van der Waals surface area contributed by atoms with Crippen molar-refractivity contribution in [3.8, 4) is 23.0 Å². The maximum Gasteiger partial charge on any atom is 0.319 e. The molecular weight excluding hydrogens is 945 g/mol. The number of likely N-dealkylation sites (N-methyl/N-ethyl adjacent to an activating group) is 1. The molecule has 74 heavy (non-hydrogen) atoms. The number of likely N-dealkylation sites (tertiary alicyclic amines) is 2. The summed E-state index contributed by atoms with van der Waals surface area (Å²) in [6, 6.07) is 12.4. The zero-order chi connectivity index (χ0) is 51.3. The molecule has 1 spiro atoms. The third-order valence-electron chi connectivity index (χ3n) is 17.1. The quantitative estimate of drug-likeness (QED) is 0.0889. The zero-order valence-corrected chi connectivity index (χ0v) is 42.8. The summed E-state index contributed by atoms with van der Waals surface area (Å²) >= 11 is 0. The van der Waals surface area contributed by atoms with Crippen molar-refractivity contribution >= 4 is 56.5 Å². The Labute approximate surface area is 430 Å². The number of carbonyl (C=O) groups is 3. The van der Waals surface area contributed by atoms with Crippen molar-refractivity contribution in [2.24, 2.45) is 18.4 Å². The third kappa shape index (κ3) is 9.65.